The van der Waals surface area contributed by atoms with Gasteiger partial charge in [0.05, 0.1) is 4.90 Å². The van der Waals surface area contributed by atoms with Gasteiger partial charge in [-0.2, -0.15) is 0 Å². The van der Waals surface area contributed by atoms with Crippen LogP contribution in [0.2, 0.25) is 0 Å². The van der Waals surface area contributed by atoms with E-state index in [0.717, 1.165) is 31.2 Å². The third-order valence-corrected chi connectivity index (χ3v) is 6.67. The minimum Gasteiger partial charge on any atom is -0.306 e. The number of benzene rings is 2. The molecule has 3 atom stereocenters. The van der Waals surface area contributed by atoms with E-state index in [0.29, 0.717) is 4.90 Å². The Balaban J connectivity index is 1.71. The first-order valence-corrected chi connectivity index (χ1v) is 10.8. The molecule has 0 radical (unpaired) electrons. The number of rotatable bonds is 6. The Morgan fingerprint density at radius 3 is 2.19 bits per heavy atom. The summed E-state index contributed by atoms with van der Waals surface area (Å²) in [5.74, 6) is 0. The fourth-order valence-electron chi connectivity index (χ4n) is 3.62. The van der Waals surface area contributed by atoms with Gasteiger partial charge in [-0.1, -0.05) is 60.9 Å². The average molecular weight is 373 g/mol. The van der Waals surface area contributed by atoms with Crippen molar-refractivity contribution in [2.45, 2.75) is 62.6 Å². The van der Waals surface area contributed by atoms with Crippen molar-refractivity contribution < 1.29 is 8.42 Å². The zero-order valence-corrected chi connectivity index (χ0v) is 16.3. The summed E-state index contributed by atoms with van der Waals surface area (Å²) >= 11 is 0. The number of sulfonamides is 1. The second-order valence-electron chi connectivity index (χ2n) is 7.23. The second-order valence-corrected chi connectivity index (χ2v) is 8.94. The van der Waals surface area contributed by atoms with Crippen molar-refractivity contribution in [3.05, 3.63) is 65.7 Å². The van der Waals surface area contributed by atoms with E-state index in [1.54, 1.807) is 12.1 Å². The first-order valence-electron chi connectivity index (χ1n) is 9.36. The normalized spacial score (nSPS) is 22.1. The zero-order valence-electron chi connectivity index (χ0n) is 15.5. The molecule has 2 N–H and O–H groups in total. The molecule has 0 heterocycles. The van der Waals surface area contributed by atoms with Gasteiger partial charge in [-0.15, -0.1) is 0 Å². The largest absolute Gasteiger partial charge is 0.306 e. The molecule has 2 aromatic carbocycles. The van der Waals surface area contributed by atoms with Crippen LogP contribution in [0.1, 0.15) is 49.8 Å². The average Bonchev–Trinajstić information content (AvgIpc) is 2.64. The molecular formula is C21H28N2O2S. The van der Waals surface area contributed by atoms with Crippen LogP contribution in [0.25, 0.3) is 0 Å². The molecule has 1 fully saturated rings. The molecule has 4 nitrogen and oxygen atoms in total. The third kappa shape index (κ3) is 4.72. The van der Waals surface area contributed by atoms with Gasteiger partial charge in [0.2, 0.25) is 10.0 Å². The van der Waals surface area contributed by atoms with E-state index in [9.17, 15) is 8.42 Å². The van der Waals surface area contributed by atoms with Crippen LogP contribution in [0.4, 0.5) is 0 Å². The van der Waals surface area contributed by atoms with Crippen LogP contribution >= 0.6 is 0 Å². The predicted molar refractivity (Wildman–Crippen MR) is 106 cm³/mol. The first kappa shape index (κ1) is 19.1. The Bertz CT molecular complexity index is 804. The fourth-order valence-corrected chi connectivity index (χ4v) is 4.93. The fraction of sp³-hybridized carbons (Fsp3) is 0.429. The Labute approximate surface area is 157 Å². The molecule has 1 aliphatic rings. The lowest BCUT2D eigenvalue weighted by atomic mass is 9.90. The molecule has 26 heavy (non-hydrogen) atoms. The van der Waals surface area contributed by atoms with Gasteiger partial charge >= 0.3 is 0 Å². The quantitative estimate of drug-likeness (QED) is 0.808. The lowest BCUT2D eigenvalue weighted by Crippen LogP contribution is -2.52. The smallest absolute Gasteiger partial charge is 0.240 e. The molecule has 0 spiro atoms. The summed E-state index contributed by atoms with van der Waals surface area (Å²) in [6, 6.07) is 17.5. The van der Waals surface area contributed by atoms with Gasteiger partial charge in [0, 0.05) is 18.1 Å². The van der Waals surface area contributed by atoms with Gasteiger partial charge in [-0.3, -0.25) is 0 Å². The molecule has 1 saturated carbocycles. The van der Waals surface area contributed by atoms with Crippen LogP contribution in [-0.2, 0) is 10.0 Å². The number of aryl methyl sites for hydroxylation is 1. The van der Waals surface area contributed by atoms with E-state index < -0.39 is 10.0 Å². The molecule has 0 saturated heterocycles. The molecule has 0 amide bonds. The minimum absolute atomic E-state index is 0.0822. The Morgan fingerprint density at radius 2 is 1.54 bits per heavy atom. The van der Waals surface area contributed by atoms with E-state index in [1.807, 2.05) is 37.3 Å². The molecule has 140 valence electrons. The van der Waals surface area contributed by atoms with Crippen molar-refractivity contribution in [1.82, 2.24) is 10.0 Å². The molecule has 0 aliphatic heterocycles. The van der Waals surface area contributed by atoms with Gasteiger partial charge in [-0.05, 0) is 44.4 Å². The topological polar surface area (TPSA) is 58.2 Å². The van der Waals surface area contributed by atoms with E-state index in [-0.39, 0.29) is 18.1 Å². The lowest BCUT2D eigenvalue weighted by Gasteiger charge is -2.35. The highest BCUT2D eigenvalue weighted by atomic mass is 32.2. The van der Waals surface area contributed by atoms with Crippen LogP contribution in [0.3, 0.4) is 0 Å². The maximum absolute atomic E-state index is 12.8. The van der Waals surface area contributed by atoms with Crippen LogP contribution in [0.5, 0.6) is 0 Å². The Morgan fingerprint density at radius 1 is 0.923 bits per heavy atom. The molecule has 3 rings (SSSR count). The highest BCUT2D eigenvalue weighted by Crippen LogP contribution is 2.24. The summed E-state index contributed by atoms with van der Waals surface area (Å²) < 4.78 is 28.5. The van der Waals surface area contributed by atoms with Crippen LogP contribution in [0.15, 0.2) is 59.5 Å². The third-order valence-electron chi connectivity index (χ3n) is 5.17. The van der Waals surface area contributed by atoms with Crippen molar-refractivity contribution in [2.24, 2.45) is 0 Å². The van der Waals surface area contributed by atoms with Crippen LogP contribution in [0, 0.1) is 6.92 Å². The molecule has 5 heteroatoms. The second kappa shape index (κ2) is 8.33. The predicted octanol–water partition coefficient (Wildman–Crippen LogP) is 3.94. The van der Waals surface area contributed by atoms with Gasteiger partial charge in [0.1, 0.15) is 0 Å². The Hall–Kier alpha value is -1.69. The van der Waals surface area contributed by atoms with E-state index >= 15 is 0 Å². The number of nitrogens with one attached hydrogen (secondary N) is 2. The maximum Gasteiger partial charge on any atom is 0.240 e. The van der Waals surface area contributed by atoms with Gasteiger partial charge in [0.25, 0.3) is 0 Å². The summed E-state index contributed by atoms with van der Waals surface area (Å²) in [5, 5.41) is 3.64. The SMILES string of the molecule is Cc1ccc(S(=O)(=O)N[C@H]2CCCC[C@@H]2N[C@H](C)c2ccccc2)cc1. The maximum atomic E-state index is 12.8. The van der Waals surface area contributed by atoms with Gasteiger partial charge < -0.3 is 5.32 Å². The summed E-state index contributed by atoms with van der Waals surface area (Å²) in [6.07, 6.45) is 4.03. The molecule has 0 bridgehead atoms. The molecule has 0 aromatic heterocycles. The summed E-state index contributed by atoms with van der Waals surface area (Å²) in [7, 11) is -3.50. The van der Waals surface area contributed by atoms with Crippen molar-refractivity contribution in [3.63, 3.8) is 0 Å². The van der Waals surface area contributed by atoms with Crippen molar-refractivity contribution in [1.29, 1.82) is 0 Å². The highest BCUT2D eigenvalue weighted by molar-refractivity contribution is 7.89. The summed E-state index contributed by atoms with van der Waals surface area (Å²) in [5.41, 5.74) is 2.27. The molecule has 1 aliphatic carbocycles. The molecule has 2 aromatic rings. The molecular weight excluding hydrogens is 344 g/mol. The monoisotopic (exact) mass is 372 g/mol. The summed E-state index contributed by atoms with van der Waals surface area (Å²) in [4.78, 5) is 0.337. The summed E-state index contributed by atoms with van der Waals surface area (Å²) in [6.45, 7) is 4.09. The zero-order chi connectivity index (χ0) is 18.6. The minimum atomic E-state index is -3.50. The van der Waals surface area contributed by atoms with E-state index in [4.69, 9.17) is 0 Å². The first-order chi connectivity index (χ1) is 12.5. The van der Waals surface area contributed by atoms with E-state index in [2.05, 4.69) is 29.1 Å². The van der Waals surface area contributed by atoms with Crippen molar-refractivity contribution >= 4 is 10.0 Å². The Kier molecular flexibility index (Phi) is 6.12. The number of hydrogen-bond donors (Lipinski definition) is 2. The van der Waals surface area contributed by atoms with E-state index in [1.165, 1.54) is 5.56 Å². The lowest BCUT2D eigenvalue weighted by molar-refractivity contribution is 0.291. The standard InChI is InChI=1S/C21H28N2O2S/c1-16-12-14-19(15-13-16)26(24,25)23-21-11-7-6-10-20(21)22-17(2)18-8-4-3-5-9-18/h3-5,8-9,12-15,17,20-23H,6-7,10-11H2,1-2H3/t17-,20+,21+/m1/s1. The van der Waals surface area contributed by atoms with Crippen LogP contribution in [-0.4, -0.2) is 20.5 Å². The van der Waals surface area contributed by atoms with Crippen LogP contribution < -0.4 is 10.0 Å². The van der Waals surface area contributed by atoms with Gasteiger partial charge in [0.15, 0.2) is 0 Å². The number of hydrogen-bond acceptors (Lipinski definition) is 3. The molecule has 0 unspecified atom stereocenters. The van der Waals surface area contributed by atoms with Crippen molar-refractivity contribution in [3.8, 4) is 0 Å². The van der Waals surface area contributed by atoms with Crippen molar-refractivity contribution in [2.75, 3.05) is 0 Å². The highest BCUT2D eigenvalue weighted by Gasteiger charge is 2.30. The van der Waals surface area contributed by atoms with Gasteiger partial charge in [-0.25, -0.2) is 13.1 Å².